The van der Waals surface area contributed by atoms with Crippen molar-refractivity contribution in [2.24, 2.45) is 5.92 Å². The van der Waals surface area contributed by atoms with Gasteiger partial charge in [-0.05, 0) is 61.7 Å². The first-order valence-corrected chi connectivity index (χ1v) is 9.61. The van der Waals surface area contributed by atoms with E-state index in [1.807, 2.05) is 25.1 Å². The highest BCUT2D eigenvalue weighted by Crippen LogP contribution is 2.31. The second-order valence-corrected chi connectivity index (χ2v) is 7.42. The Morgan fingerprint density at radius 3 is 2.24 bits per heavy atom. The molecule has 7 heteroatoms. The number of nitrogens with one attached hydrogen (secondary N) is 3. The van der Waals surface area contributed by atoms with E-state index in [1.165, 1.54) is 4.90 Å². The molecule has 152 valence electrons. The van der Waals surface area contributed by atoms with Gasteiger partial charge in [-0.25, -0.2) is 0 Å². The molecule has 1 fully saturated rings. The van der Waals surface area contributed by atoms with Crippen molar-refractivity contribution in [2.45, 2.75) is 19.8 Å². The van der Waals surface area contributed by atoms with E-state index in [0.717, 1.165) is 29.8 Å². The Kier molecular flexibility index (Phi) is 6.16. The van der Waals surface area contributed by atoms with E-state index in [4.69, 9.17) is 0 Å². The van der Waals surface area contributed by atoms with Gasteiger partial charge in [0.15, 0.2) is 0 Å². The molecule has 0 spiro atoms. The molecule has 2 aromatic rings. The van der Waals surface area contributed by atoms with Gasteiger partial charge in [0.25, 0.3) is 5.91 Å². The second-order valence-electron chi connectivity index (χ2n) is 7.42. The molecule has 0 saturated heterocycles. The van der Waals surface area contributed by atoms with Crippen molar-refractivity contribution < 1.29 is 14.4 Å². The fraction of sp³-hybridized carbons (Fsp3) is 0.318. The van der Waals surface area contributed by atoms with Crippen molar-refractivity contribution in [3.8, 4) is 0 Å². The molecule has 0 radical (unpaired) electrons. The van der Waals surface area contributed by atoms with E-state index in [0.29, 0.717) is 11.3 Å². The summed E-state index contributed by atoms with van der Waals surface area (Å²) in [5.41, 5.74) is 3.62. The number of carbonyl (C=O) groups excluding carboxylic acids is 3. The minimum Gasteiger partial charge on any atom is -0.376 e. The van der Waals surface area contributed by atoms with Crippen LogP contribution in [0.15, 0.2) is 42.5 Å². The third-order valence-electron chi connectivity index (χ3n) is 4.80. The van der Waals surface area contributed by atoms with Crippen LogP contribution in [0.2, 0.25) is 0 Å². The van der Waals surface area contributed by atoms with Gasteiger partial charge < -0.3 is 20.9 Å². The van der Waals surface area contributed by atoms with Crippen molar-refractivity contribution in [3.05, 3.63) is 53.6 Å². The van der Waals surface area contributed by atoms with Crippen molar-refractivity contribution in [3.63, 3.8) is 0 Å². The van der Waals surface area contributed by atoms with Crippen molar-refractivity contribution in [1.82, 2.24) is 4.90 Å². The summed E-state index contributed by atoms with van der Waals surface area (Å²) in [6, 6.07) is 12.3. The standard InChI is InChI=1S/C22H26N4O3/c1-14-18(5-4-6-19(14)25-21(28)15-7-8-15)23-13-20(27)24-17-11-9-16(10-12-17)22(29)26(2)3/h4-6,9-12,15,23H,7-8,13H2,1-3H3,(H,24,27)(H,25,28). The number of rotatable bonds is 7. The molecule has 0 bridgehead atoms. The van der Waals surface area contributed by atoms with Crippen LogP contribution < -0.4 is 16.0 Å². The monoisotopic (exact) mass is 394 g/mol. The topological polar surface area (TPSA) is 90.5 Å². The predicted molar refractivity (Wildman–Crippen MR) is 114 cm³/mol. The lowest BCUT2D eigenvalue weighted by molar-refractivity contribution is -0.117. The van der Waals surface area contributed by atoms with Gasteiger partial charge in [-0.1, -0.05) is 6.07 Å². The number of nitrogens with zero attached hydrogens (tertiary/aromatic N) is 1. The summed E-state index contributed by atoms with van der Waals surface area (Å²) in [6.07, 6.45) is 1.90. The van der Waals surface area contributed by atoms with Gasteiger partial charge in [0.2, 0.25) is 11.8 Å². The summed E-state index contributed by atoms with van der Waals surface area (Å²) in [7, 11) is 3.39. The molecule has 3 amide bonds. The third-order valence-corrected chi connectivity index (χ3v) is 4.80. The summed E-state index contributed by atoms with van der Waals surface area (Å²) in [5, 5.41) is 8.86. The minimum absolute atomic E-state index is 0.0548. The van der Waals surface area contributed by atoms with Crippen LogP contribution in [-0.2, 0) is 9.59 Å². The van der Waals surface area contributed by atoms with E-state index in [2.05, 4.69) is 16.0 Å². The summed E-state index contributed by atoms with van der Waals surface area (Å²) in [4.78, 5) is 37.7. The Bertz CT molecular complexity index is 918. The van der Waals surface area contributed by atoms with Gasteiger partial charge in [-0.15, -0.1) is 0 Å². The number of hydrogen-bond acceptors (Lipinski definition) is 4. The average Bonchev–Trinajstić information content (AvgIpc) is 3.54. The van der Waals surface area contributed by atoms with E-state index < -0.39 is 0 Å². The van der Waals surface area contributed by atoms with Gasteiger partial charge in [-0.3, -0.25) is 14.4 Å². The lowest BCUT2D eigenvalue weighted by Crippen LogP contribution is -2.23. The molecule has 3 rings (SSSR count). The summed E-state index contributed by atoms with van der Waals surface area (Å²) < 4.78 is 0. The fourth-order valence-electron chi connectivity index (χ4n) is 2.88. The number of carbonyl (C=O) groups is 3. The zero-order chi connectivity index (χ0) is 21.0. The highest BCUT2D eigenvalue weighted by atomic mass is 16.2. The highest BCUT2D eigenvalue weighted by molar-refractivity contribution is 5.97. The molecule has 1 saturated carbocycles. The SMILES string of the molecule is Cc1c(NCC(=O)Nc2ccc(C(=O)N(C)C)cc2)cccc1NC(=O)C1CC1. The molecule has 0 aliphatic heterocycles. The highest BCUT2D eigenvalue weighted by Gasteiger charge is 2.29. The van der Waals surface area contributed by atoms with Gasteiger partial charge in [0.1, 0.15) is 0 Å². The maximum Gasteiger partial charge on any atom is 0.253 e. The van der Waals surface area contributed by atoms with E-state index in [9.17, 15) is 14.4 Å². The molecule has 0 heterocycles. The van der Waals surface area contributed by atoms with Crippen LogP contribution >= 0.6 is 0 Å². The smallest absolute Gasteiger partial charge is 0.253 e. The molecule has 1 aliphatic carbocycles. The average molecular weight is 394 g/mol. The number of benzene rings is 2. The molecule has 0 aromatic heterocycles. The summed E-state index contributed by atoms with van der Waals surface area (Å²) in [5.74, 6) is -0.104. The first-order valence-electron chi connectivity index (χ1n) is 9.61. The lowest BCUT2D eigenvalue weighted by Gasteiger charge is -2.14. The molecule has 7 nitrogen and oxygen atoms in total. The first-order chi connectivity index (χ1) is 13.8. The molecule has 3 N–H and O–H groups in total. The number of hydrogen-bond donors (Lipinski definition) is 3. The zero-order valence-corrected chi connectivity index (χ0v) is 16.9. The Balaban J connectivity index is 1.55. The van der Waals surface area contributed by atoms with Crippen LogP contribution in [0.1, 0.15) is 28.8 Å². The molecule has 2 aromatic carbocycles. The molecule has 1 aliphatic rings. The van der Waals surface area contributed by atoms with E-state index >= 15 is 0 Å². The molecule has 29 heavy (non-hydrogen) atoms. The number of amides is 3. The maximum absolute atomic E-state index is 12.3. The Labute approximate surface area is 170 Å². The van der Waals surface area contributed by atoms with Crippen molar-refractivity contribution in [2.75, 3.05) is 36.6 Å². The molecule has 0 atom stereocenters. The van der Waals surface area contributed by atoms with Crippen LogP contribution in [-0.4, -0.2) is 43.3 Å². The Morgan fingerprint density at radius 1 is 0.966 bits per heavy atom. The van der Waals surface area contributed by atoms with Crippen LogP contribution in [0.5, 0.6) is 0 Å². The fourth-order valence-corrected chi connectivity index (χ4v) is 2.88. The van der Waals surface area contributed by atoms with E-state index in [-0.39, 0.29) is 30.2 Å². The van der Waals surface area contributed by atoms with Crippen LogP contribution in [0.3, 0.4) is 0 Å². The van der Waals surface area contributed by atoms with Gasteiger partial charge in [0.05, 0.1) is 6.54 Å². The van der Waals surface area contributed by atoms with Crippen LogP contribution in [0.4, 0.5) is 17.1 Å². The van der Waals surface area contributed by atoms with Crippen LogP contribution in [0, 0.1) is 12.8 Å². The van der Waals surface area contributed by atoms with Crippen LogP contribution in [0.25, 0.3) is 0 Å². The largest absolute Gasteiger partial charge is 0.376 e. The van der Waals surface area contributed by atoms with Gasteiger partial charge in [0, 0.05) is 42.6 Å². The van der Waals surface area contributed by atoms with E-state index in [1.54, 1.807) is 38.4 Å². The first kappa shape index (κ1) is 20.4. The quantitative estimate of drug-likeness (QED) is 0.673. The van der Waals surface area contributed by atoms with Gasteiger partial charge in [-0.2, -0.15) is 0 Å². The summed E-state index contributed by atoms with van der Waals surface area (Å²) >= 11 is 0. The summed E-state index contributed by atoms with van der Waals surface area (Å²) in [6.45, 7) is 1.99. The maximum atomic E-state index is 12.3. The second kappa shape index (κ2) is 8.77. The Morgan fingerprint density at radius 2 is 1.62 bits per heavy atom. The third kappa shape index (κ3) is 5.34. The minimum atomic E-state index is -0.205. The predicted octanol–water partition coefficient (Wildman–Crippen LogP) is 3.10. The Hall–Kier alpha value is -3.35. The van der Waals surface area contributed by atoms with Crippen molar-refractivity contribution >= 4 is 34.8 Å². The lowest BCUT2D eigenvalue weighted by atomic mass is 10.1. The number of anilines is 3. The molecular formula is C22H26N4O3. The zero-order valence-electron chi connectivity index (χ0n) is 16.9. The van der Waals surface area contributed by atoms with Crippen molar-refractivity contribution in [1.29, 1.82) is 0 Å². The molecular weight excluding hydrogens is 368 g/mol. The van der Waals surface area contributed by atoms with Gasteiger partial charge >= 0.3 is 0 Å². The molecule has 0 unspecified atom stereocenters. The normalized spacial score (nSPS) is 12.8.